The molecule has 110 valence electrons. The molecule has 1 aromatic carbocycles. The maximum atomic E-state index is 12.8. The van der Waals surface area contributed by atoms with Crippen molar-refractivity contribution < 1.29 is 8.42 Å². The lowest BCUT2D eigenvalue weighted by Crippen LogP contribution is -2.34. The van der Waals surface area contributed by atoms with Crippen molar-refractivity contribution in [2.45, 2.75) is 50.0 Å². The van der Waals surface area contributed by atoms with Crippen LogP contribution in [0.4, 0.5) is 5.69 Å². The molecule has 0 atom stereocenters. The molecule has 1 aliphatic heterocycles. The quantitative estimate of drug-likeness (QED) is 0.877. The zero-order valence-corrected chi connectivity index (χ0v) is 12.7. The highest BCUT2D eigenvalue weighted by Gasteiger charge is 2.37. The number of sulfonamides is 1. The van der Waals surface area contributed by atoms with Gasteiger partial charge in [0.15, 0.2) is 0 Å². The Bertz CT molecular complexity index is 594. The average molecular weight is 294 g/mol. The van der Waals surface area contributed by atoms with E-state index in [0.29, 0.717) is 11.4 Å². The number of anilines is 1. The predicted octanol–water partition coefficient (Wildman–Crippen LogP) is 2.61. The molecule has 2 aliphatic rings. The first-order valence-electron chi connectivity index (χ1n) is 7.51. The van der Waals surface area contributed by atoms with Gasteiger partial charge in [0.05, 0.1) is 4.90 Å². The fourth-order valence-corrected chi connectivity index (χ4v) is 4.49. The SMILES string of the molecule is CCCCN(C1CC1)S(=O)(=O)c1ccc2c(c1)NCC2. The summed E-state index contributed by atoms with van der Waals surface area (Å²) in [6.45, 7) is 3.64. The van der Waals surface area contributed by atoms with Gasteiger partial charge in [-0.15, -0.1) is 0 Å². The van der Waals surface area contributed by atoms with Gasteiger partial charge in [0, 0.05) is 24.8 Å². The number of rotatable bonds is 6. The third-order valence-electron chi connectivity index (χ3n) is 4.08. The second kappa shape index (κ2) is 5.37. The molecule has 4 nitrogen and oxygen atoms in total. The number of hydrogen-bond donors (Lipinski definition) is 1. The van der Waals surface area contributed by atoms with E-state index in [-0.39, 0.29) is 6.04 Å². The van der Waals surface area contributed by atoms with Gasteiger partial charge >= 0.3 is 0 Å². The van der Waals surface area contributed by atoms with Gasteiger partial charge in [0.1, 0.15) is 0 Å². The van der Waals surface area contributed by atoms with E-state index in [1.807, 2.05) is 6.07 Å². The summed E-state index contributed by atoms with van der Waals surface area (Å²) in [7, 11) is -3.34. The van der Waals surface area contributed by atoms with Crippen molar-refractivity contribution in [3.8, 4) is 0 Å². The Balaban J connectivity index is 1.89. The van der Waals surface area contributed by atoms with Crippen LogP contribution in [-0.4, -0.2) is 31.9 Å². The normalized spacial score (nSPS) is 18.1. The highest BCUT2D eigenvalue weighted by atomic mass is 32.2. The Morgan fingerprint density at radius 1 is 1.35 bits per heavy atom. The van der Waals surface area contributed by atoms with Crippen LogP contribution in [0, 0.1) is 0 Å². The van der Waals surface area contributed by atoms with Crippen molar-refractivity contribution in [1.82, 2.24) is 4.31 Å². The van der Waals surface area contributed by atoms with Gasteiger partial charge in [0.2, 0.25) is 10.0 Å². The molecule has 1 aromatic rings. The van der Waals surface area contributed by atoms with Crippen LogP contribution in [0.25, 0.3) is 0 Å². The summed E-state index contributed by atoms with van der Waals surface area (Å²) >= 11 is 0. The lowest BCUT2D eigenvalue weighted by molar-refractivity contribution is 0.396. The molecule has 1 N–H and O–H groups in total. The number of unbranched alkanes of at least 4 members (excludes halogenated alkanes) is 1. The molecule has 20 heavy (non-hydrogen) atoms. The minimum Gasteiger partial charge on any atom is -0.384 e. The molecule has 3 rings (SSSR count). The first-order chi connectivity index (χ1) is 9.63. The lowest BCUT2D eigenvalue weighted by Gasteiger charge is -2.22. The fourth-order valence-electron chi connectivity index (χ4n) is 2.74. The molecule has 0 amide bonds. The minimum absolute atomic E-state index is 0.229. The van der Waals surface area contributed by atoms with E-state index in [1.54, 1.807) is 16.4 Å². The average Bonchev–Trinajstić information content (AvgIpc) is 3.15. The number of fused-ring (bicyclic) bond motifs is 1. The molecule has 0 aromatic heterocycles. The molecule has 0 radical (unpaired) electrons. The van der Waals surface area contributed by atoms with E-state index < -0.39 is 10.0 Å². The van der Waals surface area contributed by atoms with Crippen LogP contribution in [0.5, 0.6) is 0 Å². The van der Waals surface area contributed by atoms with E-state index in [9.17, 15) is 8.42 Å². The van der Waals surface area contributed by atoms with Crippen LogP contribution in [0.15, 0.2) is 23.1 Å². The fraction of sp³-hybridized carbons (Fsp3) is 0.600. The number of nitrogens with one attached hydrogen (secondary N) is 1. The van der Waals surface area contributed by atoms with Crippen LogP contribution in [0.3, 0.4) is 0 Å². The van der Waals surface area contributed by atoms with Crippen molar-refractivity contribution in [1.29, 1.82) is 0 Å². The Hall–Kier alpha value is -1.07. The molecular weight excluding hydrogens is 272 g/mol. The van der Waals surface area contributed by atoms with Crippen LogP contribution >= 0.6 is 0 Å². The Labute approximate surface area is 121 Å². The van der Waals surface area contributed by atoms with Crippen molar-refractivity contribution in [2.75, 3.05) is 18.4 Å². The van der Waals surface area contributed by atoms with Gasteiger partial charge in [-0.2, -0.15) is 4.31 Å². The molecule has 1 aliphatic carbocycles. The maximum absolute atomic E-state index is 12.8. The Kier molecular flexibility index (Phi) is 3.73. The zero-order valence-electron chi connectivity index (χ0n) is 11.9. The predicted molar refractivity (Wildman–Crippen MR) is 80.5 cm³/mol. The van der Waals surface area contributed by atoms with Crippen LogP contribution in [-0.2, 0) is 16.4 Å². The Morgan fingerprint density at radius 3 is 2.85 bits per heavy atom. The number of benzene rings is 1. The second-order valence-electron chi connectivity index (χ2n) is 5.70. The van der Waals surface area contributed by atoms with E-state index in [2.05, 4.69) is 12.2 Å². The van der Waals surface area contributed by atoms with Crippen LogP contribution in [0.1, 0.15) is 38.2 Å². The summed E-state index contributed by atoms with van der Waals surface area (Å²) in [4.78, 5) is 0.439. The van der Waals surface area contributed by atoms with Gasteiger partial charge in [-0.25, -0.2) is 8.42 Å². The third-order valence-corrected chi connectivity index (χ3v) is 6.03. The first-order valence-corrected chi connectivity index (χ1v) is 8.95. The summed E-state index contributed by atoms with van der Waals surface area (Å²) in [5, 5.41) is 3.26. The number of hydrogen-bond acceptors (Lipinski definition) is 3. The van der Waals surface area contributed by atoms with Crippen LogP contribution < -0.4 is 5.32 Å². The van der Waals surface area contributed by atoms with E-state index in [0.717, 1.165) is 44.3 Å². The largest absolute Gasteiger partial charge is 0.384 e. The van der Waals surface area contributed by atoms with Crippen LogP contribution in [0.2, 0.25) is 0 Å². The summed E-state index contributed by atoms with van der Waals surface area (Å²) in [5.41, 5.74) is 2.20. The third kappa shape index (κ3) is 2.56. The zero-order chi connectivity index (χ0) is 14.2. The smallest absolute Gasteiger partial charge is 0.243 e. The summed E-state index contributed by atoms with van der Waals surface area (Å²) in [6, 6.07) is 5.75. The van der Waals surface area contributed by atoms with Gasteiger partial charge in [-0.3, -0.25) is 0 Å². The molecular formula is C15H22N2O2S. The van der Waals surface area contributed by atoms with Crippen molar-refractivity contribution in [2.24, 2.45) is 0 Å². The second-order valence-corrected chi connectivity index (χ2v) is 7.59. The topological polar surface area (TPSA) is 49.4 Å². The molecule has 0 bridgehead atoms. The Morgan fingerprint density at radius 2 is 2.15 bits per heavy atom. The lowest BCUT2D eigenvalue weighted by atomic mass is 10.2. The highest BCUT2D eigenvalue weighted by Crippen LogP contribution is 2.34. The molecule has 1 saturated carbocycles. The monoisotopic (exact) mass is 294 g/mol. The molecule has 0 unspecified atom stereocenters. The van der Waals surface area contributed by atoms with Gasteiger partial charge in [-0.05, 0) is 43.4 Å². The van der Waals surface area contributed by atoms with Crippen molar-refractivity contribution in [3.05, 3.63) is 23.8 Å². The molecule has 5 heteroatoms. The van der Waals surface area contributed by atoms with Gasteiger partial charge in [0.25, 0.3) is 0 Å². The molecule has 0 spiro atoms. The minimum atomic E-state index is -3.34. The molecule has 1 fully saturated rings. The van der Waals surface area contributed by atoms with Gasteiger partial charge in [-0.1, -0.05) is 19.4 Å². The highest BCUT2D eigenvalue weighted by molar-refractivity contribution is 7.89. The molecule has 0 saturated heterocycles. The first kappa shape index (κ1) is 13.9. The standard InChI is InChI=1S/C15H22N2O2S/c1-2-3-10-17(13-5-6-13)20(18,19)14-7-4-12-8-9-16-15(12)11-14/h4,7,11,13,16H,2-3,5-6,8-10H2,1H3. The van der Waals surface area contributed by atoms with E-state index in [4.69, 9.17) is 0 Å². The van der Waals surface area contributed by atoms with Crippen molar-refractivity contribution >= 4 is 15.7 Å². The van der Waals surface area contributed by atoms with Crippen molar-refractivity contribution in [3.63, 3.8) is 0 Å². The van der Waals surface area contributed by atoms with Gasteiger partial charge < -0.3 is 5.32 Å². The summed E-state index contributed by atoms with van der Waals surface area (Å²) < 4.78 is 27.4. The maximum Gasteiger partial charge on any atom is 0.243 e. The van der Waals surface area contributed by atoms with E-state index >= 15 is 0 Å². The van der Waals surface area contributed by atoms with E-state index in [1.165, 1.54) is 5.56 Å². The summed E-state index contributed by atoms with van der Waals surface area (Å²) in [5.74, 6) is 0. The number of nitrogens with zero attached hydrogens (tertiary/aromatic N) is 1. The summed E-state index contributed by atoms with van der Waals surface area (Å²) in [6.07, 6.45) is 4.94. The molecule has 1 heterocycles.